The van der Waals surface area contributed by atoms with Gasteiger partial charge in [-0.2, -0.15) is 0 Å². The molecule has 0 saturated carbocycles. The predicted molar refractivity (Wildman–Crippen MR) is 128 cm³/mol. The number of nitrogens with one attached hydrogen (secondary N) is 1. The van der Waals surface area contributed by atoms with Crippen molar-refractivity contribution < 1.29 is 4.42 Å². The van der Waals surface area contributed by atoms with Crippen LogP contribution in [0, 0.1) is 6.92 Å². The number of tetrazole rings is 1. The van der Waals surface area contributed by atoms with Crippen LogP contribution < -0.4 is 5.56 Å². The fraction of sp³-hybridized carbons (Fsp3) is 0.440. The van der Waals surface area contributed by atoms with E-state index < -0.39 is 0 Å². The van der Waals surface area contributed by atoms with Crippen LogP contribution in [0.2, 0.25) is 0 Å². The van der Waals surface area contributed by atoms with E-state index in [1.54, 1.807) is 6.26 Å². The van der Waals surface area contributed by atoms with E-state index in [9.17, 15) is 4.79 Å². The minimum Gasteiger partial charge on any atom is -0.468 e. The SMILES string of the molecule is CC[C@@H](c1nnnn1C(C)(C)CC)N(Cc1ccco1)Cc1cc2cc(C)ccc2[nH]c1=O. The topological polar surface area (TPSA) is 92.8 Å². The summed E-state index contributed by atoms with van der Waals surface area (Å²) in [6, 6.07) is 11.8. The van der Waals surface area contributed by atoms with Crippen LogP contribution in [0.5, 0.6) is 0 Å². The summed E-state index contributed by atoms with van der Waals surface area (Å²) in [7, 11) is 0. The molecule has 3 heterocycles. The van der Waals surface area contributed by atoms with E-state index in [1.165, 1.54) is 0 Å². The number of furan rings is 1. The molecule has 0 aliphatic heterocycles. The Labute approximate surface area is 193 Å². The summed E-state index contributed by atoms with van der Waals surface area (Å²) in [6.07, 6.45) is 3.35. The number of pyridine rings is 1. The molecule has 3 aromatic heterocycles. The monoisotopic (exact) mass is 448 g/mol. The molecular weight excluding hydrogens is 416 g/mol. The third kappa shape index (κ3) is 4.75. The summed E-state index contributed by atoms with van der Waals surface area (Å²) in [5.41, 5.74) is 2.39. The van der Waals surface area contributed by atoms with Gasteiger partial charge in [0.15, 0.2) is 5.82 Å². The number of nitrogens with zero attached hydrogens (tertiary/aromatic N) is 5. The molecule has 0 radical (unpaired) electrons. The number of H-pyrrole nitrogens is 1. The molecule has 4 rings (SSSR count). The van der Waals surface area contributed by atoms with Crippen LogP contribution in [0.25, 0.3) is 10.9 Å². The second-order valence-corrected chi connectivity index (χ2v) is 9.24. The van der Waals surface area contributed by atoms with Crippen molar-refractivity contribution in [1.82, 2.24) is 30.1 Å². The maximum atomic E-state index is 13.0. The number of aryl methyl sites for hydroxylation is 1. The number of benzene rings is 1. The zero-order chi connectivity index (χ0) is 23.6. The first-order valence-corrected chi connectivity index (χ1v) is 11.5. The number of hydrogen-bond acceptors (Lipinski definition) is 6. The van der Waals surface area contributed by atoms with Gasteiger partial charge >= 0.3 is 0 Å². The molecule has 8 nitrogen and oxygen atoms in total. The van der Waals surface area contributed by atoms with Crippen molar-refractivity contribution in [2.24, 2.45) is 0 Å². The molecule has 0 bridgehead atoms. The van der Waals surface area contributed by atoms with Gasteiger partial charge in [0.25, 0.3) is 5.56 Å². The van der Waals surface area contributed by atoms with Gasteiger partial charge in [-0.3, -0.25) is 9.69 Å². The maximum Gasteiger partial charge on any atom is 0.252 e. The Balaban J connectivity index is 1.76. The average molecular weight is 449 g/mol. The zero-order valence-electron chi connectivity index (χ0n) is 20.0. The normalized spacial score (nSPS) is 13.2. The number of aromatic amines is 1. The maximum absolute atomic E-state index is 13.0. The summed E-state index contributed by atoms with van der Waals surface area (Å²) in [6.45, 7) is 11.5. The first-order valence-electron chi connectivity index (χ1n) is 11.5. The number of fused-ring (bicyclic) bond motifs is 1. The second-order valence-electron chi connectivity index (χ2n) is 9.24. The number of rotatable bonds is 9. The van der Waals surface area contributed by atoms with E-state index in [4.69, 9.17) is 4.42 Å². The van der Waals surface area contributed by atoms with Gasteiger partial charge in [0.2, 0.25) is 0 Å². The van der Waals surface area contributed by atoms with Gasteiger partial charge in [-0.1, -0.05) is 25.5 Å². The number of hydrogen-bond donors (Lipinski definition) is 1. The van der Waals surface area contributed by atoms with Crippen molar-refractivity contribution in [2.45, 2.75) is 72.1 Å². The van der Waals surface area contributed by atoms with Crippen molar-refractivity contribution >= 4 is 10.9 Å². The molecule has 0 aliphatic carbocycles. The highest BCUT2D eigenvalue weighted by Crippen LogP contribution is 2.30. The third-order valence-corrected chi connectivity index (χ3v) is 6.45. The average Bonchev–Trinajstić information content (AvgIpc) is 3.48. The van der Waals surface area contributed by atoms with Gasteiger partial charge in [0.05, 0.1) is 24.4 Å². The lowest BCUT2D eigenvalue weighted by molar-refractivity contribution is 0.140. The summed E-state index contributed by atoms with van der Waals surface area (Å²) >= 11 is 0. The molecule has 1 N–H and O–H groups in total. The Morgan fingerprint density at radius 1 is 1.18 bits per heavy atom. The first kappa shape index (κ1) is 22.9. The molecular formula is C25H32N6O2. The van der Waals surface area contributed by atoms with E-state index in [1.807, 2.05) is 35.0 Å². The van der Waals surface area contributed by atoms with E-state index in [0.29, 0.717) is 18.7 Å². The smallest absolute Gasteiger partial charge is 0.252 e. The molecule has 8 heteroatoms. The fourth-order valence-electron chi connectivity index (χ4n) is 4.17. The minimum absolute atomic E-state index is 0.0841. The molecule has 0 spiro atoms. The lowest BCUT2D eigenvalue weighted by Crippen LogP contribution is -2.36. The molecule has 0 unspecified atom stereocenters. The Kier molecular flexibility index (Phi) is 6.47. The molecule has 0 saturated heterocycles. The molecule has 1 aromatic carbocycles. The van der Waals surface area contributed by atoms with E-state index >= 15 is 0 Å². The quantitative estimate of drug-likeness (QED) is 0.398. The van der Waals surface area contributed by atoms with Crippen molar-refractivity contribution in [3.63, 3.8) is 0 Å². The Bertz CT molecular complexity index is 1270. The van der Waals surface area contributed by atoms with Gasteiger partial charge in [0.1, 0.15) is 5.76 Å². The molecule has 33 heavy (non-hydrogen) atoms. The van der Waals surface area contributed by atoms with Crippen LogP contribution in [0.3, 0.4) is 0 Å². The van der Waals surface area contributed by atoms with Crippen molar-refractivity contribution in [2.75, 3.05) is 0 Å². The van der Waals surface area contributed by atoms with Crippen LogP contribution in [0.1, 0.15) is 69.3 Å². The van der Waals surface area contributed by atoms with Gasteiger partial charge < -0.3 is 9.40 Å². The van der Waals surface area contributed by atoms with E-state index in [0.717, 1.165) is 40.9 Å². The summed E-state index contributed by atoms with van der Waals surface area (Å²) in [5, 5.41) is 13.8. The van der Waals surface area contributed by atoms with Crippen LogP contribution in [-0.2, 0) is 18.6 Å². The van der Waals surface area contributed by atoms with Crippen LogP contribution in [0.15, 0.2) is 51.9 Å². The Hall–Kier alpha value is -3.26. The van der Waals surface area contributed by atoms with Gasteiger partial charge in [-0.15, -0.1) is 5.10 Å². The molecule has 4 aromatic rings. The van der Waals surface area contributed by atoms with Crippen LogP contribution in [-0.4, -0.2) is 30.1 Å². The van der Waals surface area contributed by atoms with E-state index in [2.05, 4.69) is 66.1 Å². The molecule has 174 valence electrons. The third-order valence-electron chi connectivity index (χ3n) is 6.45. The zero-order valence-corrected chi connectivity index (χ0v) is 20.0. The Morgan fingerprint density at radius 3 is 2.70 bits per heavy atom. The van der Waals surface area contributed by atoms with E-state index in [-0.39, 0.29) is 17.1 Å². The highest BCUT2D eigenvalue weighted by molar-refractivity contribution is 5.79. The van der Waals surface area contributed by atoms with Crippen molar-refractivity contribution in [3.8, 4) is 0 Å². The lowest BCUT2D eigenvalue weighted by atomic mass is 10.0. The molecule has 0 fully saturated rings. The molecule has 1 atom stereocenters. The summed E-state index contributed by atoms with van der Waals surface area (Å²) in [5.74, 6) is 1.62. The lowest BCUT2D eigenvalue weighted by Gasteiger charge is -2.32. The van der Waals surface area contributed by atoms with Gasteiger partial charge in [0, 0.05) is 17.6 Å². The van der Waals surface area contributed by atoms with Crippen LogP contribution in [0.4, 0.5) is 0 Å². The van der Waals surface area contributed by atoms with Crippen molar-refractivity contribution in [3.05, 3.63) is 75.7 Å². The summed E-state index contributed by atoms with van der Waals surface area (Å²) in [4.78, 5) is 18.2. The number of aromatic nitrogens is 5. The Morgan fingerprint density at radius 2 is 2.00 bits per heavy atom. The standard InChI is InChI=1S/C25H32N6O2/c1-6-22(23-27-28-29-31(23)25(4,5)7-2)30(16-20-9-8-12-33-20)15-19-14-18-13-17(3)10-11-21(18)26-24(19)32/h8-14,22H,6-7,15-16H2,1-5H3,(H,26,32)/t22-/m0/s1. The highest BCUT2D eigenvalue weighted by atomic mass is 16.3. The molecule has 0 aliphatic rings. The van der Waals surface area contributed by atoms with Gasteiger partial charge in [-0.25, -0.2) is 4.68 Å². The predicted octanol–water partition coefficient (Wildman–Crippen LogP) is 4.71. The fourth-order valence-corrected chi connectivity index (χ4v) is 4.17. The van der Waals surface area contributed by atoms with Crippen LogP contribution >= 0.6 is 0 Å². The summed E-state index contributed by atoms with van der Waals surface area (Å²) < 4.78 is 7.58. The highest BCUT2D eigenvalue weighted by Gasteiger charge is 2.31. The van der Waals surface area contributed by atoms with Crippen molar-refractivity contribution in [1.29, 1.82) is 0 Å². The largest absolute Gasteiger partial charge is 0.468 e. The first-order chi connectivity index (χ1) is 15.8. The molecule has 0 amide bonds. The minimum atomic E-state index is -0.222. The van der Waals surface area contributed by atoms with Gasteiger partial charge in [-0.05, 0) is 79.8 Å². The second kappa shape index (κ2) is 9.31.